The van der Waals surface area contributed by atoms with Crippen molar-refractivity contribution in [2.45, 2.75) is 33.1 Å². The maximum absolute atomic E-state index is 11.9. The van der Waals surface area contributed by atoms with E-state index in [1.165, 1.54) is 0 Å². The molecule has 0 fully saturated rings. The fourth-order valence-corrected chi connectivity index (χ4v) is 1.67. The van der Waals surface area contributed by atoms with Gasteiger partial charge in [0.15, 0.2) is 0 Å². The first-order valence-corrected chi connectivity index (χ1v) is 5.49. The molecule has 0 unspecified atom stereocenters. The molecule has 0 spiro atoms. The second-order valence-electron chi connectivity index (χ2n) is 3.97. The van der Waals surface area contributed by atoms with Crippen LogP contribution in [0.25, 0.3) is 0 Å². The predicted octanol–water partition coefficient (Wildman–Crippen LogP) is 2.24. The van der Waals surface area contributed by atoms with E-state index in [0.29, 0.717) is 11.7 Å². The van der Waals surface area contributed by atoms with Crippen molar-refractivity contribution in [3.05, 3.63) is 33.7 Å². The second-order valence-corrected chi connectivity index (χ2v) is 4.28. The highest BCUT2D eigenvalue weighted by Gasteiger charge is 2.06. The number of thiol groups is 1. The first-order valence-electron chi connectivity index (χ1n) is 4.86. The third-order valence-corrected chi connectivity index (χ3v) is 2.53. The van der Waals surface area contributed by atoms with Crippen molar-refractivity contribution >= 4 is 12.6 Å². The lowest BCUT2D eigenvalue weighted by atomic mass is 10.2. The molecule has 3 heteroatoms. The highest BCUT2D eigenvalue weighted by molar-refractivity contribution is 7.79. The molecule has 14 heavy (non-hydrogen) atoms. The third-order valence-electron chi connectivity index (χ3n) is 2.19. The molecule has 0 aliphatic carbocycles. The Labute approximate surface area is 90.4 Å². The molecule has 0 amide bonds. The summed E-state index contributed by atoms with van der Waals surface area (Å²) < 4.78 is 1.83. The smallest absolute Gasteiger partial charge is 0.254 e. The quantitative estimate of drug-likeness (QED) is 0.761. The fraction of sp³-hybridized carbons (Fsp3) is 0.545. The number of rotatable bonds is 3. The Kier molecular flexibility index (Phi) is 3.81. The zero-order valence-corrected chi connectivity index (χ0v) is 9.84. The van der Waals surface area contributed by atoms with Crippen LogP contribution < -0.4 is 5.56 Å². The molecule has 1 rings (SSSR count). The van der Waals surface area contributed by atoms with Gasteiger partial charge in [0.05, 0.1) is 0 Å². The summed E-state index contributed by atoms with van der Waals surface area (Å²) in [4.78, 5) is 11.9. The van der Waals surface area contributed by atoms with Gasteiger partial charge in [-0.2, -0.15) is 12.6 Å². The largest absolute Gasteiger partial charge is 0.312 e. The van der Waals surface area contributed by atoms with Crippen molar-refractivity contribution in [2.24, 2.45) is 5.92 Å². The summed E-state index contributed by atoms with van der Waals surface area (Å²) in [5, 5.41) is 0. The van der Waals surface area contributed by atoms with Gasteiger partial charge in [0.25, 0.3) is 5.56 Å². The molecule has 1 heterocycles. The first kappa shape index (κ1) is 11.4. The number of aromatic nitrogens is 1. The molecule has 2 nitrogen and oxygen atoms in total. The van der Waals surface area contributed by atoms with E-state index in [-0.39, 0.29) is 5.56 Å². The SMILES string of the molecule is Cc1ccc(CS)c(=O)n1CC(C)C. The summed E-state index contributed by atoms with van der Waals surface area (Å²) in [6.45, 7) is 6.97. The zero-order valence-electron chi connectivity index (χ0n) is 8.95. The van der Waals surface area contributed by atoms with E-state index in [0.717, 1.165) is 17.8 Å². The number of hydrogen-bond donors (Lipinski definition) is 1. The molecule has 0 aromatic carbocycles. The minimum Gasteiger partial charge on any atom is -0.312 e. The van der Waals surface area contributed by atoms with Crippen LogP contribution >= 0.6 is 12.6 Å². The molecule has 0 saturated carbocycles. The molecule has 78 valence electrons. The normalized spacial score (nSPS) is 10.9. The number of nitrogens with zero attached hydrogens (tertiary/aromatic N) is 1. The van der Waals surface area contributed by atoms with Crippen molar-refractivity contribution in [1.29, 1.82) is 0 Å². The predicted molar refractivity (Wildman–Crippen MR) is 63.0 cm³/mol. The van der Waals surface area contributed by atoms with Gasteiger partial charge >= 0.3 is 0 Å². The summed E-state index contributed by atoms with van der Waals surface area (Å²) >= 11 is 4.14. The molecule has 0 radical (unpaired) electrons. The number of hydrogen-bond acceptors (Lipinski definition) is 2. The van der Waals surface area contributed by atoms with Gasteiger partial charge in [-0.3, -0.25) is 4.79 Å². The zero-order chi connectivity index (χ0) is 10.7. The third kappa shape index (κ3) is 2.41. The van der Waals surface area contributed by atoms with Crippen LogP contribution in [0.15, 0.2) is 16.9 Å². The summed E-state index contributed by atoms with van der Waals surface area (Å²) in [6.07, 6.45) is 0. The molecule has 1 aromatic rings. The molecule has 0 aliphatic rings. The molecular weight excluding hydrogens is 194 g/mol. The monoisotopic (exact) mass is 211 g/mol. The maximum Gasteiger partial charge on any atom is 0.254 e. The standard InChI is InChI=1S/C11H17NOS/c1-8(2)6-12-9(3)4-5-10(7-14)11(12)13/h4-5,8,14H,6-7H2,1-3H3. The Bertz CT molecular complexity index is 368. The van der Waals surface area contributed by atoms with Gasteiger partial charge in [0.1, 0.15) is 0 Å². The van der Waals surface area contributed by atoms with E-state index >= 15 is 0 Å². The van der Waals surface area contributed by atoms with E-state index in [1.54, 1.807) is 0 Å². The summed E-state index contributed by atoms with van der Waals surface area (Å²) in [5.74, 6) is 0.999. The Morgan fingerprint density at radius 2 is 2.07 bits per heavy atom. The minimum atomic E-state index is 0.105. The molecule has 0 saturated heterocycles. The van der Waals surface area contributed by atoms with E-state index in [1.807, 2.05) is 23.6 Å². The van der Waals surface area contributed by atoms with Crippen LogP contribution in [0.2, 0.25) is 0 Å². The molecule has 1 aromatic heterocycles. The molecule has 0 N–H and O–H groups in total. The average molecular weight is 211 g/mol. The Morgan fingerprint density at radius 1 is 1.43 bits per heavy atom. The number of aryl methyl sites for hydroxylation is 1. The minimum absolute atomic E-state index is 0.105. The van der Waals surface area contributed by atoms with Crippen LogP contribution in [0.4, 0.5) is 0 Å². The highest BCUT2D eigenvalue weighted by atomic mass is 32.1. The molecule has 0 bridgehead atoms. The first-order chi connectivity index (χ1) is 6.56. The van der Waals surface area contributed by atoms with Crippen LogP contribution in [0.1, 0.15) is 25.1 Å². The van der Waals surface area contributed by atoms with E-state index in [9.17, 15) is 4.79 Å². The van der Waals surface area contributed by atoms with Gasteiger partial charge in [0, 0.05) is 23.6 Å². The molecule has 0 atom stereocenters. The van der Waals surface area contributed by atoms with Crippen molar-refractivity contribution in [3.8, 4) is 0 Å². The molecular formula is C11H17NOS. The van der Waals surface area contributed by atoms with Gasteiger partial charge in [-0.05, 0) is 18.9 Å². The fourth-order valence-electron chi connectivity index (χ4n) is 1.43. The van der Waals surface area contributed by atoms with Gasteiger partial charge in [0.2, 0.25) is 0 Å². The average Bonchev–Trinajstić information content (AvgIpc) is 2.12. The Balaban J connectivity index is 3.19. The summed E-state index contributed by atoms with van der Waals surface area (Å²) in [6, 6.07) is 3.84. The van der Waals surface area contributed by atoms with Gasteiger partial charge in [-0.25, -0.2) is 0 Å². The van der Waals surface area contributed by atoms with Gasteiger partial charge in [-0.1, -0.05) is 19.9 Å². The summed E-state index contributed by atoms with van der Waals surface area (Å²) in [5.41, 5.74) is 1.91. The van der Waals surface area contributed by atoms with Crippen molar-refractivity contribution < 1.29 is 0 Å². The molecule has 0 aliphatic heterocycles. The maximum atomic E-state index is 11.9. The van der Waals surface area contributed by atoms with Crippen molar-refractivity contribution in [1.82, 2.24) is 4.57 Å². The van der Waals surface area contributed by atoms with Crippen LogP contribution in [-0.4, -0.2) is 4.57 Å². The van der Waals surface area contributed by atoms with Crippen LogP contribution in [0.3, 0.4) is 0 Å². The highest BCUT2D eigenvalue weighted by Crippen LogP contribution is 2.04. The second kappa shape index (κ2) is 4.69. The number of pyridine rings is 1. The topological polar surface area (TPSA) is 22.0 Å². The summed E-state index contributed by atoms with van der Waals surface area (Å²) in [7, 11) is 0. The van der Waals surface area contributed by atoms with E-state index in [2.05, 4.69) is 26.5 Å². The van der Waals surface area contributed by atoms with E-state index < -0.39 is 0 Å². The van der Waals surface area contributed by atoms with Gasteiger partial charge in [-0.15, -0.1) is 0 Å². The Morgan fingerprint density at radius 3 is 2.57 bits per heavy atom. The van der Waals surface area contributed by atoms with Gasteiger partial charge < -0.3 is 4.57 Å². The van der Waals surface area contributed by atoms with Crippen LogP contribution in [-0.2, 0) is 12.3 Å². The van der Waals surface area contributed by atoms with Crippen molar-refractivity contribution in [2.75, 3.05) is 0 Å². The van der Waals surface area contributed by atoms with Crippen LogP contribution in [0, 0.1) is 12.8 Å². The lowest BCUT2D eigenvalue weighted by Crippen LogP contribution is -2.26. The lowest BCUT2D eigenvalue weighted by molar-refractivity contribution is 0.500. The van der Waals surface area contributed by atoms with Crippen LogP contribution in [0.5, 0.6) is 0 Å². The Hall–Kier alpha value is -0.700. The lowest BCUT2D eigenvalue weighted by Gasteiger charge is -2.13. The van der Waals surface area contributed by atoms with E-state index in [4.69, 9.17) is 0 Å². The van der Waals surface area contributed by atoms with Crippen molar-refractivity contribution in [3.63, 3.8) is 0 Å².